The van der Waals surface area contributed by atoms with Crippen LogP contribution in [-0.4, -0.2) is 65.0 Å². The van der Waals surface area contributed by atoms with E-state index >= 15 is 0 Å². The minimum absolute atomic E-state index is 0.0634. The first kappa shape index (κ1) is 49.8. The van der Waals surface area contributed by atoms with E-state index in [0.717, 1.165) is 39.3 Å². The summed E-state index contributed by atoms with van der Waals surface area (Å²) in [4.78, 5) is 35.7. The standard InChI is InChI=1S/C33H37FN2O4.C18H21ClN2O4/c1-22(2)32-29(21-35-26-11-7-4-8-12-26)31(23-9-5-3-6-10-23)33(24-13-15-25(34)16-14-24)36(32)18-17-27(37)19-28(38)20-30(39)40;1-10-14(18(23)24-3)16(12-6-4-5-7-13(12)19)15(11(2)22)17(21-10)25-9-8-20/h3-16,22,27-28,35,37-38H,17-21H2,1-2H3,(H,39,40);4-7,16,21H,8-9,20H2,1-3H3/t27-,28-;/m1./s1. The number of hydrogen-bond acceptors (Lipinski definition) is 10. The molecule has 14 heteroatoms. The maximum Gasteiger partial charge on any atom is 0.336 e. The molecule has 4 aromatic carbocycles. The minimum atomic E-state index is -1.35. The molecule has 0 radical (unpaired) electrons. The number of anilines is 1. The zero-order chi connectivity index (χ0) is 47.2. The number of aliphatic carboxylic acids is 1. The predicted molar refractivity (Wildman–Crippen MR) is 247 cm³/mol. The van der Waals surface area contributed by atoms with Crippen LogP contribution in [0.2, 0.25) is 5.02 Å². The summed E-state index contributed by atoms with van der Waals surface area (Å²) in [6.45, 7) is 9.28. The fourth-order valence-electron chi connectivity index (χ4n) is 8.17. The monoisotopic (exact) mass is 908 g/mol. The molecular weight excluding hydrogens is 851 g/mol. The van der Waals surface area contributed by atoms with E-state index in [4.69, 9.17) is 21.1 Å². The Morgan fingerprint density at radius 3 is 2.12 bits per heavy atom. The molecule has 1 unspecified atom stereocenters. The van der Waals surface area contributed by atoms with Crippen LogP contribution in [-0.2, 0) is 36.9 Å². The molecule has 0 spiro atoms. The lowest BCUT2D eigenvalue weighted by atomic mass is 9.80. The molecule has 0 fully saturated rings. The molecule has 3 atom stereocenters. The molecular formula is C51H58ClFN4O8. The number of esters is 1. The summed E-state index contributed by atoms with van der Waals surface area (Å²) in [5.74, 6) is -2.64. The molecule has 1 aliphatic heterocycles. The van der Waals surface area contributed by atoms with Crippen molar-refractivity contribution in [2.75, 3.05) is 25.6 Å². The van der Waals surface area contributed by atoms with E-state index in [1.165, 1.54) is 26.2 Å². The van der Waals surface area contributed by atoms with Gasteiger partial charge in [0.1, 0.15) is 19.0 Å². The molecule has 0 saturated heterocycles. The number of carbonyl (C=O) groups is 3. The van der Waals surface area contributed by atoms with Crippen LogP contribution in [0.5, 0.6) is 0 Å². The van der Waals surface area contributed by atoms with E-state index in [2.05, 4.69) is 46.9 Å². The molecule has 2 heterocycles. The number of benzene rings is 4. The van der Waals surface area contributed by atoms with Crippen molar-refractivity contribution in [3.05, 3.63) is 160 Å². The van der Waals surface area contributed by atoms with Crippen LogP contribution in [0.4, 0.5) is 10.1 Å². The number of dihydropyridines is 1. The Morgan fingerprint density at radius 1 is 0.908 bits per heavy atom. The number of para-hydroxylation sites is 1. The average Bonchev–Trinajstić information content (AvgIpc) is 3.61. The van der Waals surface area contributed by atoms with E-state index in [1.54, 1.807) is 37.3 Å². The van der Waals surface area contributed by atoms with Crippen molar-refractivity contribution in [1.82, 2.24) is 9.88 Å². The van der Waals surface area contributed by atoms with Gasteiger partial charge in [-0.2, -0.15) is 0 Å². The Kier molecular flexibility index (Phi) is 18.1. The first-order chi connectivity index (χ1) is 31.2. The van der Waals surface area contributed by atoms with Crippen LogP contribution in [0.25, 0.3) is 22.4 Å². The number of quaternary nitrogens is 1. The fraction of sp³-hybridized carbons (Fsp3) is 0.314. The molecule has 5 aromatic rings. The Balaban J connectivity index is 0.000000273. The lowest BCUT2D eigenvalue weighted by Gasteiger charge is -2.31. The number of ether oxygens (including phenoxy) is 2. The maximum atomic E-state index is 14.0. The highest BCUT2D eigenvalue weighted by Crippen LogP contribution is 2.44. The number of halogens is 2. The van der Waals surface area contributed by atoms with Crippen molar-refractivity contribution in [3.63, 3.8) is 0 Å². The predicted octanol–water partition coefficient (Wildman–Crippen LogP) is 6.87. The summed E-state index contributed by atoms with van der Waals surface area (Å²) >= 11 is 6.36. The molecule has 6 rings (SSSR count). The summed E-state index contributed by atoms with van der Waals surface area (Å²) in [6, 6.07) is 33.6. The van der Waals surface area contributed by atoms with Crippen molar-refractivity contribution >= 4 is 35.0 Å². The zero-order valence-electron chi connectivity index (χ0n) is 37.4. The SMILES string of the molecule is CC(C)c1c(CNc2ccccc2)c(-c2ccccc2)c(-c2ccc(F)cc2)n1CC[C@@H](O)C[C@@H](O)CC(=O)[O-].COC(=O)C1=C(C)NC(OCC[NH3+])=C(C(C)=O)C1c1ccccc1Cl. The zero-order valence-corrected chi connectivity index (χ0v) is 38.2. The minimum Gasteiger partial charge on any atom is -0.550 e. The average molecular weight is 909 g/mol. The van der Waals surface area contributed by atoms with Crippen LogP contribution in [0, 0.1) is 5.82 Å². The van der Waals surface area contributed by atoms with Gasteiger partial charge in [-0.15, -0.1) is 0 Å². The summed E-state index contributed by atoms with van der Waals surface area (Å²) in [6.07, 6.45) is -2.38. The van der Waals surface area contributed by atoms with Gasteiger partial charge in [0.25, 0.3) is 0 Å². The molecule has 7 N–H and O–H groups in total. The number of rotatable bonds is 19. The fourth-order valence-corrected chi connectivity index (χ4v) is 8.41. The van der Waals surface area contributed by atoms with Crippen molar-refractivity contribution in [3.8, 4) is 22.4 Å². The van der Waals surface area contributed by atoms with Crippen molar-refractivity contribution in [1.29, 1.82) is 0 Å². The van der Waals surface area contributed by atoms with Gasteiger partial charge in [0, 0.05) is 58.7 Å². The number of carboxylic acids is 1. The van der Waals surface area contributed by atoms with Gasteiger partial charge in [-0.1, -0.05) is 92.2 Å². The largest absolute Gasteiger partial charge is 0.550 e. The normalized spacial score (nSPS) is 14.5. The summed E-state index contributed by atoms with van der Waals surface area (Å²) in [7, 11) is 1.30. The van der Waals surface area contributed by atoms with Crippen LogP contribution < -0.4 is 21.5 Å². The van der Waals surface area contributed by atoms with Gasteiger partial charge < -0.3 is 50.5 Å². The number of aromatic nitrogens is 1. The van der Waals surface area contributed by atoms with Gasteiger partial charge in [-0.3, -0.25) is 4.79 Å². The number of hydrogen-bond donors (Lipinski definition) is 5. The molecule has 1 aromatic heterocycles. The summed E-state index contributed by atoms with van der Waals surface area (Å²) in [5, 5.41) is 38.6. The third-order valence-corrected chi connectivity index (χ3v) is 11.3. The quantitative estimate of drug-likeness (QED) is 0.0547. The molecule has 0 saturated carbocycles. The molecule has 65 heavy (non-hydrogen) atoms. The summed E-state index contributed by atoms with van der Waals surface area (Å²) in [5.41, 5.74) is 12.6. The van der Waals surface area contributed by atoms with Crippen LogP contribution in [0.1, 0.15) is 75.6 Å². The molecule has 0 aliphatic carbocycles. The molecule has 12 nitrogen and oxygen atoms in total. The summed E-state index contributed by atoms with van der Waals surface area (Å²) < 4.78 is 26.8. The van der Waals surface area contributed by atoms with E-state index in [1.807, 2.05) is 54.6 Å². The van der Waals surface area contributed by atoms with Gasteiger partial charge in [-0.05, 0) is 91.8 Å². The third-order valence-electron chi connectivity index (χ3n) is 10.9. The van der Waals surface area contributed by atoms with Crippen molar-refractivity contribution in [2.45, 2.75) is 84.1 Å². The van der Waals surface area contributed by atoms with Gasteiger partial charge in [-0.25, -0.2) is 9.18 Å². The highest BCUT2D eigenvalue weighted by Gasteiger charge is 2.38. The van der Waals surface area contributed by atoms with Crippen LogP contribution in [0.3, 0.4) is 0 Å². The van der Waals surface area contributed by atoms with Gasteiger partial charge in [0.05, 0.1) is 42.1 Å². The molecule has 344 valence electrons. The van der Waals surface area contributed by atoms with Crippen molar-refractivity contribution < 1.29 is 49.3 Å². The topological polar surface area (TPSA) is 190 Å². The number of nitrogens with one attached hydrogen (secondary N) is 2. The highest BCUT2D eigenvalue weighted by molar-refractivity contribution is 6.31. The number of carbonyl (C=O) groups excluding carboxylic acids is 3. The second-order valence-corrected chi connectivity index (χ2v) is 16.4. The number of methoxy groups -OCH3 is 1. The van der Waals surface area contributed by atoms with Crippen molar-refractivity contribution in [2.24, 2.45) is 0 Å². The Labute approximate surface area is 384 Å². The number of carboxylic acid groups (broad SMARTS) is 1. The van der Waals surface area contributed by atoms with E-state index in [0.29, 0.717) is 66.0 Å². The third kappa shape index (κ3) is 12.7. The number of ketones is 1. The Morgan fingerprint density at radius 2 is 1.54 bits per heavy atom. The second-order valence-electron chi connectivity index (χ2n) is 16.0. The molecule has 0 amide bonds. The number of aliphatic hydroxyl groups excluding tert-OH is 2. The van der Waals surface area contributed by atoms with Gasteiger partial charge >= 0.3 is 5.97 Å². The number of aliphatic hydroxyl groups is 2. The van der Waals surface area contributed by atoms with E-state index in [-0.39, 0.29) is 23.9 Å². The Bertz CT molecular complexity index is 2470. The highest BCUT2D eigenvalue weighted by atomic mass is 35.5. The van der Waals surface area contributed by atoms with E-state index < -0.39 is 36.5 Å². The molecule has 1 aliphatic rings. The first-order valence-corrected chi connectivity index (χ1v) is 21.9. The van der Waals surface area contributed by atoms with E-state index in [9.17, 15) is 34.1 Å². The maximum absolute atomic E-state index is 14.0. The smallest absolute Gasteiger partial charge is 0.336 e. The van der Waals surface area contributed by atoms with Gasteiger partial charge in [0.15, 0.2) is 11.7 Å². The van der Waals surface area contributed by atoms with Crippen LogP contribution >= 0.6 is 11.6 Å². The lowest BCUT2D eigenvalue weighted by molar-refractivity contribution is -0.373. The number of nitrogens with zero attached hydrogens (tertiary/aromatic N) is 1. The first-order valence-electron chi connectivity index (χ1n) is 21.6. The Hall–Kier alpha value is -6.25. The number of allylic oxidation sites excluding steroid dienone is 2. The van der Waals surface area contributed by atoms with Gasteiger partial charge in [0.2, 0.25) is 0 Å². The number of Topliss-reactive ketones (excluding diaryl/α,β-unsaturated/α-hetero) is 1. The second kappa shape index (κ2) is 23.6. The lowest BCUT2D eigenvalue weighted by Crippen LogP contribution is -2.52. The molecule has 0 bridgehead atoms. The van der Waals surface area contributed by atoms with Crippen LogP contribution in [0.15, 0.2) is 132 Å².